The summed E-state index contributed by atoms with van der Waals surface area (Å²) in [5, 5.41) is 16.1. The summed E-state index contributed by atoms with van der Waals surface area (Å²) in [6.07, 6.45) is 0.740. The summed E-state index contributed by atoms with van der Waals surface area (Å²) in [6, 6.07) is 0. The van der Waals surface area contributed by atoms with Crippen LogP contribution in [-0.4, -0.2) is 70.3 Å². The van der Waals surface area contributed by atoms with Gasteiger partial charge in [-0.05, 0) is 25.8 Å². The van der Waals surface area contributed by atoms with Crippen LogP contribution in [0.2, 0.25) is 0 Å². The Morgan fingerprint density at radius 3 is 2.52 bits per heavy atom. The van der Waals surface area contributed by atoms with Crippen LogP contribution in [0.4, 0.5) is 0 Å². The average molecular weight is 294 g/mol. The molecule has 2 N–H and O–H groups in total. The Morgan fingerprint density at radius 2 is 2.00 bits per heavy atom. The minimum Gasteiger partial charge on any atom is -0.395 e. The summed E-state index contributed by atoms with van der Waals surface area (Å²) in [7, 11) is 0. The lowest BCUT2D eigenvalue weighted by Gasteiger charge is -2.35. The third kappa shape index (κ3) is 3.83. The first-order valence-electron chi connectivity index (χ1n) is 7.65. The van der Waals surface area contributed by atoms with Gasteiger partial charge in [-0.15, -0.1) is 0 Å². The van der Waals surface area contributed by atoms with E-state index < -0.39 is 0 Å². The Morgan fingerprint density at radius 1 is 1.33 bits per heavy atom. The molecular weight excluding hydrogens is 268 g/mol. The van der Waals surface area contributed by atoms with Gasteiger partial charge in [-0.2, -0.15) is 5.10 Å². The van der Waals surface area contributed by atoms with Crippen molar-refractivity contribution >= 4 is 5.91 Å². The second-order valence-corrected chi connectivity index (χ2v) is 5.91. The molecule has 0 saturated carbocycles. The lowest BCUT2D eigenvalue weighted by molar-refractivity contribution is -0.136. The van der Waals surface area contributed by atoms with Crippen LogP contribution in [0.25, 0.3) is 0 Å². The molecule has 2 heterocycles. The van der Waals surface area contributed by atoms with E-state index in [4.69, 9.17) is 5.11 Å². The fraction of sp³-hybridized carbons (Fsp3) is 0.733. The molecular formula is C15H26N4O2. The van der Waals surface area contributed by atoms with Crippen molar-refractivity contribution in [2.45, 2.75) is 27.2 Å². The molecule has 0 bridgehead atoms. The third-order valence-electron chi connectivity index (χ3n) is 4.31. The van der Waals surface area contributed by atoms with E-state index in [-0.39, 0.29) is 18.4 Å². The third-order valence-corrected chi connectivity index (χ3v) is 4.31. The van der Waals surface area contributed by atoms with Crippen LogP contribution in [0, 0.1) is 19.8 Å². The number of piperazine rings is 1. The Kier molecular flexibility index (Phi) is 5.36. The van der Waals surface area contributed by atoms with E-state index in [1.165, 1.54) is 0 Å². The maximum atomic E-state index is 12.5. The van der Waals surface area contributed by atoms with E-state index in [1.54, 1.807) is 0 Å². The second-order valence-electron chi connectivity index (χ2n) is 5.91. The molecule has 1 amide bonds. The number of hydrogen-bond acceptors (Lipinski definition) is 4. The number of H-pyrrole nitrogens is 1. The van der Waals surface area contributed by atoms with Crippen LogP contribution in [0.3, 0.4) is 0 Å². The molecule has 0 radical (unpaired) electrons. The normalized spacial score (nSPS) is 18.0. The van der Waals surface area contributed by atoms with Gasteiger partial charge in [0.2, 0.25) is 5.91 Å². The summed E-state index contributed by atoms with van der Waals surface area (Å²) < 4.78 is 0. The van der Waals surface area contributed by atoms with E-state index in [0.29, 0.717) is 6.54 Å². The SMILES string of the molecule is Cc1n[nH]c(C)c1CC(C)C(=O)N1CCN(CCO)CC1. The number of rotatable bonds is 5. The van der Waals surface area contributed by atoms with Crippen molar-refractivity contribution < 1.29 is 9.90 Å². The van der Waals surface area contributed by atoms with Gasteiger partial charge in [0.25, 0.3) is 0 Å². The minimum absolute atomic E-state index is 0.0237. The fourth-order valence-corrected chi connectivity index (χ4v) is 2.91. The molecule has 1 atom stereocenters. The zero-order chi connectivity index (χ0) is 15.4. The van der Waals surface area contributed by atoms with Crippen LogP contribution < -0.4 is 0 Å². The summed E-state index contributed by atoms with van der Waals surface area (Å²) in [5.41, 5.74) is 3.20. The first-order chi connectivity index (χ1) is 10.0. The number of β-amino-alcohol motifs (C(OH)–C–C–N with tert-alkyl or cyclic N) is 1. The average Bonchev–Trinajstić information content (AvgIpc) is 2.79. The predicted octanol–water partition coefficient (Wildman–Crippen LogP) is 0.342. The van der Waals surface area contributed by atoms with Crippen molar-refractivity contribution in [2.75, 3.05) is 39.3 Å². The van der Waals surface area contributed by atoms with Gasteiger partial charge in [0.05, 0.1) is 12.3 Å². The summed E-state index contributed by atoms with van der Waals surface area (Å²) >= 11 is 0. The number of carbonyl (C=O) groups excluding carboxylic acids is 1. The first-order valence-corrected chi connectivity index (χ1v) is 7.65. The van der Waals surface area contributed by atoms with E-state index in [0.717, 1.165) is 49.6 Å². The summed E-state index contributed by atoms with van der Waals surface area (Å²) in [4.78, 5) is 16.7. The zero-order valence-corrected chi connectivity index (χ0v) is 13.2. The van der Waals surface area contributed by atoms with E-state index in [2.05, 4.69) is 15.1 Å². The van der Waals surface area contributed by atoms with Crippen molar-refractivity contribution in [1.29, 1.82) is 0 Å². The number of aliphatic hydroxyl groups is 1. The quantitative estimate of drug-likeness (QED) is 0.821. The van der Waals surface area contributed by atoms with Crippen molar-refractivity contribution in [3.05, 3.63) is 17.0 Å². The van der Waals surface area contributed by atoms with Gasteiger partial charge in [-0.1, -0.05) is 6.92 Å². The number of aryl methyl sites for hydroxylation is 2. The van der Waals surface area contributed by atoms with Gasteiger partial charge < -0.3 is 10.0 Å². The smallest absolute Gasteiger partial charge is 0.225 e. The molecule has 118 valence electrons. The van der Waals surface area contributed by atoms with Crippen LogP contribution in [0.15, 0.2) is 0 Å². The van der Waals surface area contributed by atoms with Crippen molar-refractivity contribution in [1.82, 2.24) is 20.0 Å². The number of aromatic nitrogens is 2. The maximum absolute atomic E-state index is 12.5. The minimum atomic E-state index is -0.0237. The van der Waals surface area contributed by atoms with Gasteiger partial charge in [0, 0.05) is 44.3 Å². The van der Waals surface area contributed by atoms with Crippen molar-refractivity contribution in [2.24, 2.45) is 5.92 Å². The molecule has 1 unspecified atom stereocenters. The molecule has 0 aromatic carbocycles. The number of hydrogen-bond donors (Lipinski definition) is 2. The highest BCUT2D eigenvalue weighted by Gasteiger charge is 2.25. The van der Waals surface area contributed by atoms with Crippen molar-refractivity contribution in [3.8, 4) is 0 Å². The highest BCUT2D eigenvalue weighted by atomic mass is 16.3. The molecule has 2 rings (SSSR count). The molecule has 1 aromatic heterocycles. The van der Waals surface area contributed by atoms with Crippen LogP contribution >= 0.6 is 0 Å². The molecule has 6 nitrogen and oxygen atoms in total. The first kappa shape index (κ1) is 16.0. The molecule has 6 heteroatoms. The fourth-order valence-electron chi connectivity index (χ4n) is 2.91. The number of carbonyl (C=O) groups is 1. The molecule has 1 fully saturated rings. The van der Waals surface area contributed by atoms with E-state index in [9.17, 15) is 4.79 Å². The van der Waals surface area contributed by atoms with Gasteiger partial charge in [-0.25, -0.2) is 0 Å². The number of amides is 1. The van der Waals surface area contributed by atoms with Gasteiger partial charge in [0.15, 0.2) is 0 Å². The monoisotopic (exact) mass is 294 g/mol. The molecule has 1 aromatic rings. The van der Waals surface area contributed by atoms with Gasteiger partial charge >= 0.3 is 0 Å². The lowest BCUT2D eigenvalue weighted by atomic mass is 9.98. The summed E-state index contributed by atoms with van der Waals surface area (Å²) in [5.74, 6) is 0.197. The summed E-state index contributed by atoms with van der Waals surface area (Å²) in [6.45, 7) is 10.1. The Bertz CT molecular complexity index is 459. The largest absolute Gasteiger partial charge is 0.395 e. The Labute approximate surface area is 126 Å². The van der Waals surface area contributed by atoms with E-state index in [1.807, 2.05) is 25.7 Å². The number of nitrogens with one attached hydrogen (secondary N) is 1. The number of nitrogens with zero attached hydrogens (tertiary/aromatic N) is 3. The van der Waals surface area contributed by atoms with Crippen LogP contribution in [-0.2, 0) is 11.2 Å². The second kappa shape index (κ2) is 7.04. The standard InChI is InChI=1S/C15H26N4O2/c1-11(10-14-12(2)16-17-13(14)3)15(21)19-6-4-18(5-7-19)8-9-20/h11,20H,4-10H2,1-3H3,(H,16,17). The Balaban J connectivity index is 1.89. The molecule has 1 aliphatic heterocycles. The lowest BCUT2D eigenvalue weighted by Crippen LogP contribution is -2.50. The van der Waals surface area contributed by atoms with E-state index >= 15 is 0 Å². The predicted molar refractivity (Wildman–Crippen MR) is 81.0 cm³/mol. The molecule has 21 heavy (non-hydrogen) atoms. The zero-order valence-electron chi connectivity index (χ0n) is 13.2. The number of aromatic amines is 1. The van der Waals surface area contributed by atoms with Crippen LogP contribution in [0.5, 0.6) is 0 Å². The topological polar surface area (TPSA) is 72.5 Å². The molecule has 0 aliphatic carbocycles. The van der Waals surface area contributed by atoms with Crippen LogP contribution in [0.1, 0.15) is 23.9 Å². The molecule has 1 aliphatic rings. The molecule has 0 spiro atoms. The highest BCUT2D eigenvalue weighted by molar-refractivity contribution is 5.79. The van der Waals surface area contributed by atoms with Gasteiger partial charge in [-0.3, -0.25) is 14.8 Å². The highest BCUT2D eigenvalue weighted by Crippen LogP contribution is 2.17. The van der Waals surface area contributed by atoms with Gasteiger partial charge in [0.1, 0.15) is 0 Å². The maximum Gasteiger partial charge on any atom is 0.225 e. The van der Waals surface area contributed by atoms with Crippen molar-refractivity contribution in [3.63, 3.8) is 0 Å². The Hall–Kier alpha value is -1.40. The molecule has 1 saturated heterocycles. The number of aliphatic hydroxyl groups excluding tert-OH is 1.